The average molecular weight is 383 g/mol. The number of fused-ring (bicyclic) bond motifs is 1. The summed E-state index contributed by atoms with van der Waals surface area (Å²) in [6.07, 6.45) is 0. The molecule has 0 radical (unpaired) electrons. The summed E-state index contributed by atoms with van der Waals surface area (Å²) >= 11 is 0. The van der Waals surface area contributed by atoms with Gasteiger partial charge in [0.25, 0.3) is 0 Å². The lowest BCUT2D eigenvalue weighted by atomic mass is 9.89. The second-order valence-electron chi connectivity index (χ2n) is 7.80. The smallest absolute Gasteiger partial charge is 0.0908 e. The zero-order valence-corrected chi connectivity index (χ0v) is 18.3. The summed E-state index contributed by atoms with van der Waals surface area (Å²) in [5.74, 6) is 0. The van der Waals surface area contributed by atoms with Crippen molar-refractivity contribution >= 4 is 11.4 Å². The normalized spacial score (nSPS) is 13.4. The van der Waals surface area contributed by atoms with E-state index < -0.39 is 0 Å². The molecule has 152 valence electrons. The second-order valence-corrected chi connectivity index (χ2v) is 7.80. The monoisotopic (exact) mass is 382 g/mol. The minimum absolute atomic E-state index is 0.646. The van der Waals surface area contributed by atoms with Gasteiger partial charge in [0.1, 0.15) is 0 Å². The molecule has 1 aliphatic rings. The van der Waals surface area contributed by atoms with Crippen LogP contribution in [0.15, 0.2) is 24.3 Å². The first-order valence-electron chi connectivity index (χ1n) is 10.2. The largest absolute Gasteiger partial charge is 0.382 e. The van der Waals surface area contributed by atoms with Gasteiger partial charge in [-0.25, -0.2) is 0 Å². The van der Waals surface area contributed by atoms with Gasteiger partial charge in [-0.3, -0.25) is 0 Å². The predicted octanol–water partition coefficient (Wildman–Crippen LogP) is 4.68. The van der Waals surface area contributed by atoms with Crippen molar-refractivity contribution in [1.82, 2.24) is 0 Å². The van der Waals surface area contributed by atoms with E-state index >= 15 is 0 Å². The zero-order chi connectivity index (χ0) is 20.3. The molecule has 0 aliphatic carbocycles. The molecule has 2 aromatic rings. The number of nitrogens with zero attached hydrogens (tertiary/aromatic N) is 2. The summed E-state index contributed by atoms with van der Waals surface area (Å²) in [6, 6.07) is 8.71. The van der Waals surface area contributed by atoms with E-state index in [1.54, 1.807) is 7.11 Å². The fraction of sp³-hybridized carbons (Fsp3) is 0.500. The summed E-state index contributed by atoms with van der Waals surface area (Å²) in [4.78, 5) is 4.91. The summed E-state index contributed by atoms with van der Waals surface area (Å²) in [6.45, 7) is 16.0. The number of methoxy groups -OCH3 is 1. The summed E-state index contributed by atoms with van der Waals surface area (Å²) < 4.78 is 10.8. The molecular weight excluding hydrogens is 348 g/mol. The van der Waals surface area contributed by atoms with Crippen LogP contribution in [0.2, 0.25) is 0 Å². The standard InChI is InChI=1S/C24H34N2O2/c1-17-18(2)20(4)22(21(5)19(17)3)15-26-16-25(11-12-28-14-13-27-6)23-9-7-8-10-24(23)26/h7-10H,11-16H2,1-6H3. The van der Waals surface area contributed by atoms with Crippen LogP contribution in [0.5, 0.6) is 0 Å². The van der Waals surface area contributed by atoms with Crippen LogP contribution in [0, 0.1) is 34.6 Å². The van der Waals surface area contributed by atoms with Crippen LogP contribution in [0.1, 0.15) is 33.4 Å². The third-order valence-corrected chi connectivity index (χ3v) is 6.35. The highest BCUT2D eigenvalue weighted by atomic mass is 16.5. The molecule has 4 heteroatoms. The van der Waals surface area contributed by atoms with Crippen LogP contribution in [0.25, 0.3) is 0 Å². The molecule has 4 nitrogen and oxygen atoms in total. The summed E-state index contributed by atoms with van der Waals surface area (Å²) in [7, 11) is 1.70. The van der Waals surface area contributed by atoms with E-state index in [0.717, 1.165) is 19.8 Å². The molecule has 0 spiro atoms. The SMILES string of the molecule is COCCOCCN1CN(Cc2c(C)c(C)c(C)c(C)c2C)c2ccccc21. The quantitative estimate of drug-likeness (QED) is 0.619. The van der Waals surface area contributed by atoms with Crippen LogP contribution in [0.4, 0.5) is 11.4 Å². The molecule has 0 N–H and O–H groups in total. The van der Waals surface area contributed by atoms with E-state index in [9.17, 15) is 0 Å². The molecule has 0 saturated carbocycles. The Kier molecular flexibility index (Phi) is 6.63. The third-order valence-electron chi connectivity index (χ3n) is 6.35. The molecular formula is C24H34N2O2. The van der Waals surface area contributed by atoms with Crippen LogP contribution < -0.4 is 9.80 Å². The molecule has 28 heavy (non-hydrogen) atoms. The number of para-hydroxylation sites is 2. The van der Waals surface area contributed by atoms with Crippen LogP contribution in [-0.4, -0.2) is 40.1 Å². The van der Waals surface area contributed by atoms with Gasteiger partial charge in [-0.1, -0.05) is 12.1 Å². The van der Waals surface area contributed by atoms with Gasteiger partial charge in [0.2, 0.25) is 0 Å². The highest BCUT2D eigenvalue weighted by molar-refractivity contribution is 5.76. The number of rotatable bonds is 8. The lowest BCUT2D eigenvalue weighted by Gasteiger charge is -2.25. The molecule has 0 saturated heterocycles. The van der Waals surface area contributed by atoms with Crippen molar-refractivity contribution in [2.75, 3.05) is 49.9 Å². The van der Waals surface area contributed by atoms with Crippen molar-refractivity contribution in [1.29, 1.82) is 0 Å². The van der Waals surface area contributed by atoms with Gasteiger partial charge in [-0.05, 0) is 80.1 Å². The first-order valence-corrected chi connectivity index (χ1v) is 10.2. The molecule has 0 amide bonds. The van der Waals surface area contributed by atoms with Crippen molar-refractivity contribution < 1.29 is 9.47 Å². The van der Waals surface area contributed by atoms with Gasteiger partial charge in [-0.15, -0.1) is 0 Å². The molecule has 2 aromatic carbocycles. The summed E-state index contributed by atoms with van der Waals surface area (Å²) in [5.41, 5.74) is 11.2. The predicted molar refractivity (Wildman–Crippen MR) is 118 cm³/mol. The van der Waals surface area contributed by atoms with E-state index in [-0.39, 0.29) is 0 Å². The van der Waals surface area contributed by atoms with Gasteiger partial charge >= 0.3 is 0 Å². The maximum Gasteiger partial charge on any atom is 0.0908 e. The Hall–Kier alpha value is -2.04. The first-order chi connectivity index (χ1) is 13.5. The molecule has 0 atom stereocenters. The van der Waals surface area contributed by atoms with E-state index in [2.05, 4.69) is 68.7 Å². The zero-order valence-electron chi connectivity index (χ0n) is 18.3. The van der Waals surface area contributed by atoms with Crippen molar-refractivity contribution in [2.24, 2.45) is 0 Å². The van der Waals surface area contributed by atoms with Crippen molar-refractivity contribution in [3.05, 3.63) is 57.6 Å². The Bertz CT molecular complexity index is 803. The fourth-order valence-corrected chi connectivity index (χ4v) is 4.11. The molecule has 3 rings (SSSR count). The van der Waals surface area contributed by atoms with Crippen LogP contribution in [0.3, 0.4) is 0 Å². The molecule has 0 aromatic heterocycles. The lowest BCUT2D eigenvalue weighted by molar-refractivity contribution is 0.0741. The molecule has 0 unspecified atom stereocenters. The third kappa shape index (κ3) is 4.03. The van der Waals surface area contributed by atoms with E-state index in [0.29, 0.717) is 19.8 Å². The molecule has 1 heterocycles. The Labute approximate surface area is 170 Å². The average Bonchev–Trinajstić information content (AvgIpc) is 3.06. The van der Waals surface area contributed by atoms with Crippen LogP contribution in [-0.2, 0) is 16.0 Å². The molecule has 0 fully saturated rings. The number of hydrogen-bond donors (Lipinski definition) is 0. The first kappa shape index (κ1) is 20.7. The van der Waals surface area contributed by atoms with Gasteiger partial charge in [-0.2, -0.15) is 0 Å². The van der Waals surface area contributed by atoms with Crippen LogP contribution >= 0.6 is 0 Å². The number of benzene rings is 2. The Morgan fingerprint density at radius 1 is 0.750 bits per heavy atom. The minimum Gasteiger partial charge on any atom is -0.382 e. The number of ether oxygens (including phenoxy) is 2. The van der Waals surface area contributed by atoms with E-state index in [4.69, 9.17) is 9.47 Å². The fourth-order valence-electron chi connectivity index (χ4n) is 4.11. The molecule has 0 bridgehead atoms. The van der Waals surface area contributed by atoms with E-state index in [1.807, 2.05) is 0 Å². The number of anilines is 2. The van der Waals surface area contributed by atoms with Crippen molar-refractivity contribution in [3.63, 3.8) is 0 Å². The van der Waals surface area contributed by atoms with Crippen molar-refractivity contribution in [2.45, 2.75) is 41.2 Å². The highest BCUT2D eigenvalue weighted by Gasteiger charge is 2.26. The Balaban J connectivity index is 1.79. The maximum absolute atomic E-state index is 5.70. The van der Waals surface area contributed by atoms with Crippen molar-refractivity contribution in [3.8, 4) is 0 Å². The highest BCUT2D eigenvalue weighted by Crippen LogP contribution is 2.37. The minimum atomic E-state index is 0.646. The topological polar surface area (TPSA) is 24.9 Å². The Morgan fingerprint density at radius 3 is 1.93 bits per heavy atom. The lowest BCUT2D eigenvalue weighted by Crippen LogP contribution is -2.33. The number of hydrogen-bond acceptors (Lipinski definition) is 4. The van der Waals surface area contributed by atoms with Gasteiger partial charge in [0.05, 0.1) is 37.9 Å². The maximum atomic E-state index is 5.70. The molecule has 1 aliphatic heterocycles. The Morgan fingerprint density at radius 2 is 1.32 bits per heavy atom. The van der Waals surface area contributed by atoms with E-state index in [1.165, 1.54) is 44.8 Å². The summed E-state index contributed by atoms with van der Waals surface area (Å²) in [5, 5.41) is 0. The second kappa shape index (κ2) is 8.97. The van der Waals surface area contributed by atoms with Gasteiger partial charge in [0.15, 0.2) is 0 Å². The van der Waals surface area contributed by atoms with Gasteiger partial charge < -0.3 is 19.3 Å². The van der Waals surface area contributed by atoms with Gasteiger partial charge in [0, 0.05) is 20.2 Å².